The van der Waals surface area contributed by atoms with E-state index in [2.05, 4.69) is 48.5 Å². The predicted molar refractivity (Wildman–Crippen MR) is 381 cm³/mol. The highest BCUT2D eigenvalue weighted by Crippen LogP contribution is 2.45. The van der Waals surface area contributed by atoms with Gasteiger partial charge in [0.2, 0.25) is 0 Å². The first-order valence-corrected chi connectivity index (χ1v) is 41.9. The minimum atomic E-state index is -4.96. The Morgan fingerprint density at radius 1 is 0.309 bits per heavy atom. The lowest BCUT2D eigenvalue weighted by atomic mass is 9.99. The van der Waals surface area contributed by atoms with Gasteiger partial charge in [0.05, 0.1) is 26.4 Å². The molecular weight excluding hydrogens is 1230 g/mol. The first-order chi connectivity index (χ1) is 45.3. The first kappa shape index (κ1) is 92.1. The Hall–Kier alpha value is -1.94. The third-order valence-electron chi connectivity index (χ3n) is 18.1. The van der Waals surface area contributed by atoms with Crippen molar-refractivity contribution in [2.75, 3.05) is 39.6 Å². The van der Waals surface area contributed by atoms with Crippen molar-refractivity contribution in [2.45, 2.75) is 401 Å². The summed E-state index contributed by atoms with van der Waals surface area (Å²) in [7, 11) is -9.90. The zero-order chi connectivity index (χ0) is 69.4. The highest BCUT2D eigenvalue weighted by molar-refractivity contribution is 7.47. The van der Waals surface area contributed by atoms with E-state index in [9.17, 15) is 43.2 Å². The summed E-state index contributed by atoms with van der Waals surface area (Å²) in [6, 6.07) is 0. The molecule has 3 N–H and O–H groups in total. The molecule has 94 heavy (non-hydrogen) atoms. The lowest BCUT2D eigenvalue weighted by Gasteiger charge is -2.21. The van der Waals surface area contributed by atoms with Crippen LogP contribution in [0, 0.1) is 17.8 Å². The predicted octanol–water partition coefficient (Wildman–Crippen LogP) is 21.8. The summed E-state index contributed by atoms with van der Waals surface area (Å²) < 4.78 is 68.3. The number of esters is 4. The Labute approximate surface area is 575 Å². The summed E-state index contributed by atoms with van der Waals surface area (Å²) in [6.07, 6.45) is 51.5. The topological polar surface area (TPSA) is 237 Å². The average molecular weight is 1380 g/mol. The fourth-order valence-electron chi connectivity index (χ4n) is 11.4. The molecule has 0 aromatic heterocycles. The van der Waals surface area contributed by atoms with E-state index in [1.807, 2.05) is 0 Å². The summed E-state index contributed by atoms with van der Waals surface area (Å²) in [5.74, 6) is 0.251. The maximum Gasteiger partial charge on any atom is 0.472 e. The van der Waals surface area contributed by atoms with Crippen molar-refractivity contribution in [3.63, 3.8) is 0 Å². The van der Waals surface area contributed by atoms with E-state index in [0.29, 0.717) is 31.6 Å². The summed E-state index contributed by atoms with van der Waals surface area (Å²) in [5.41, 5.74) is 0. The maximum atomic E-state index is 13.1. The second kappa shape index (κ2) is 65.7. The van der Waals surface area contributed by atoms with Gasteiger partial charge in [0, 0.05) is 25.7 Å². The van der Waals surface area contributed by atoms with Crippen LogP contribution in [0.4, 0.5) is 0 Å². The van der Waals surface area contributed by atoms with Crippen LogP contribution in [0.5, 0.6) is 0 Å². The van der Waals surface area contributed by atoms with E-state index in [-0.39, 0.29) is 25.7 Å². The van der Waals surface area contributed by atoms with Crippen LogP contribution in [0.3, 0.4) is 0 Å². The number of aliphatic hydroxyl groups excluding tert-OH is 1. The van der Waals surface area contributed by atoms with Crippen LogP contribution in [0.15, 0.2) is 0 Å². The van der Waals surface area contributed by atoms with E-state index in [4.69, 9.17) is 37.0 Å². The molecule has 0 aromatic rings. The molecule has 0 aliphatic rings. The van der Waals surface area contributed by atoms with Gasteiger partial charge in [-0.15, -0.1) is 0 Å². The summed E-state index contributed by atoms with van der Waals surface area (Å²) >= 11 is 0. The van der Waals surface area contributed by atoms with Gasteiger partial charge in [-0.25, -0.2) is 9.13 Å². The van der Waals surface area contributed by atoms with Crippen molar-refractivity contribution in [3.8, 4) is 0 Å². The molecule has 0 aliphatic heterocycles. The minimum absolute atomic E-state index is 0.103. The van der Waals surface area contributed by atoms with Crippen LogP contribution >= 0.6 is 15.6 Å². The Balaban J connectivity index is 5.16. The third-order valence-corrected chi connectivity index (χ3v) is 20.0. The molecule has 0 heterocycles. The Morgan fingerprint density at radius 3 is 0.809 bits per heavy atom. The highest BCUT2D eigenvalue weighted by atomic mass is 31.2. The van der Waals surface area contributed by atoms with Gasteiger partial charge >= 0.3 is 39.5 Å². The molecule has 0 bridgehead atoms. The van der Waals surface area contributed by atoms with E-state index < -0.39 is 97.5 Å². The van der Waals surface area contributed by atoms with Crippen molar-refractivity contribution >= 4 is 39.5 Å². The molecule has 0 aromatic carbocycles. The number of ether oxygens (including phenoxy) is 4. The smallest absolute Gasteiger partial charge is 0.462 e. The fourth-order valence-corrected chi connectivity index (χ4v) is 12.9. The number of carbonyl (C=O) groups excluding carboxylic acids is 4. The average Bonchev–Trinajstić information content (AvgIpc) is 1.21. The van der Waals surface area contributed by atoms with Crippen molar-refractivity contribution in [2.24, 2.45) is 17.8 Å². The lowest BCUT2D eigenvalue weighted by molar-refractivity contribution is -0.161. The normalized spacial score (nSPS) is 14.7. The van der Waals surface area contributed by atoms with Gasteiger partial charge < -0.3 is 33.8 Å². The number of rotatable bonds is 73. The molecular formula is C75H146O17P2. The Morgan fingerprint density at radius 2 is 0.543 bits per heavy atom. The summed E-state index contributed by atoms with van der Waals surface area (Å²) in [6.45, 7) is 11.9. The molecule has 7 atom stereocenters. The number of aliphatic hydroxyl groups is 1. The number of unbranched alkanes of at least 4 members (excludes halogenated alkanes) is 39. The minimum Gasteiger partial charge on any atom is -0.462 e. The maximum absolute atomic E-state index is 13.1. The molecule has 0 radical (unpaired) electrons. The van der Waals surface area contributed by atoms with Gasteiger partial charge in [0.1, 0.15) is 19.3 Å². The van der Waals surface area contributed by atoms with Gasteiger partial charge in [0.25, 0.3) is 0 Å². The summed E-state index contributed by atoms with van der Waals surface area (Å²) in [4.78, 5) is 72.6. The van der Waals surface area contributed by atoms with E-state index in [1.54, 1.807) is 0 Å². The summed E-state index contributed by atoms with van der Waals surface area (Å²) in [5, 5.41) is 10.6. The molecule has 0 saturated heterocycles. The Kier molecular flexibility index (Phi) is 64.3. The second-order valence-corrected chi connectivity index (χ2v) is 30.9. The largest absolute Gasteiger partial charge is 0.472 e. The van der Waals surface area contributed by atoms with Crippen LogP contribution in [-0.4, -0.2) is 96.7 Å². The zero-order valence-corrected chi connectivity index (χ0v) is 63.2. The molecule has 0 spiro atoms. The highest BCUT2D eigenvalue weighted by Gasteiger charge is 2.30. The molecule has 0 saturated carbocycles. The first-order valence-electron chi connectivity index (χ1n) is 38.9. The molecule has 0 rings (SSSR count). The SMILES string of the molecule is CCCCCCCCCCC(=O)OC[C@H](COP(=O)(O)OC[C@H](O)COP(=O)(O)OC[C@@H](COC(=O)CCCCCCCCCCCCC(C)CC)OC(=O)CCCCCCCCCCCCCCCCCCCCC(C)CC)OC(=O)CCCCCCCCCC(C)C. The van der Waals surface area contributed by atoms with Gasteiger partial charge in [-0.05, 0) is 43.4 Å². The van der Waals surface area contributed by atoms with Gasteiger partial charge in [-0.2, -0.15) is 0 Å². The number of phosphoric acid groups is 2. The van der Waals surface area contributed by atoms with Crippen LogP contribution < -0.4 is 0 Å². The van der Waals surface area contributed by atoms with Crippen LogP contribution in [0.1, 0.15) is 382 Å². The quantitative estimate of drug-likeness (QED) is 0.0222. The number of hydrogen-bond donors (Lipinski definition) is 3. The van der Waals surface area contributed by atoms with Crippen molar-refractivity contribution in [1.82, 2.24) is 0 Å². The van der Waals surface area contributed by atoms with E-state index >= 15 is 0 Å². The molecule has 0 amide bonds. The monoisotopic (exact) mass is 1380 g/mol. The molecule has 4 unspecified atom stereocenters. The second-order valence-electron chi connectivity index (χ2n) is 28.0. The molecule has 17 nitrogen and oxygen atoms in total. The van der Waals surface area contributed by atoms with Gasteiger partial charge in [-0.3, -0.25) is 37.3 Å². The van der Waals surface area contributed by atoms with E-state index in [0.717, 1.165) is 108 Å². The lowest BCUT2D eigenvalue weighted by Crippen LogP contribution is -2.30. The number of carbonyl (C=O) groups is 4. The standard InChI is InChI=1S/C75H146O17P2/c1-8-11-12-13-14-35-42-49-56-72(77)85-62-71(92-75(80)59-52-45-38-31-32-39-46-53-66(4)5)65-90-94(83,84)88-61-69(76)60-87-93(81,82)89-64-70(63-86-73(78)57-50-43-36-29-26-25-28-34-41-48-55-68(7)10-3)91-74(79)58-51-44-37-30-24-22-20-18-16-15-17-19-21-23-27-33-40-47-54-67(6)9-2/h66-71,76H,8-65H2,1-7H3,(H,81,82)(H,83,84)/t67?,68?,69-,70-,71-/m1/s1. The van der Waals surface area contributed by atoms with Crippen molar-refractivity contribution < 1.29 is 80.2 Å². The van der Waals surface area contributed by atoms with Gasteiger partial charge in [-0.1, -0.05) is 331 Å². The van der Waals surface area contributed by atoms with Crippen LogP contribution in [0.2, 0.25) is 0 Å². The van der Waals surface area contributed by atoms with Crippen molar-refractivity contribution in [1.29, 1.82) is 0 Å². The van der Waals surface area contributed by atoms with Crippen molar-refractivity contribution in [3.05, 3.63) is 0 Å². The third kappa shape index (κ3) is 66.0. The fraction of sp³-hybridized carbons (Fsp3) is 0.947. The van der Waals surface area contributed by atoms with Crippen LogP contribution in [-0.2, 0) is 65.4 Å². The number of hydrogen-bond acceptors (Lipinski definition) is 15. The molecule has 0 fully saturated rings. The molecule has 558 valence electrons. The van der Waals surface area contributed by atoms with Gasteiger partial charge in [0.15, 0.2) is 12.2 Å². The van der Waals surface area contributed by atoms with Crippen LogP contribution in [0.25, 0.3) is 0 Å². The van der Waals surface area contributed by atoms with E-state index in [1.165, 1.54) is 186 Å². The molecule has 0 aliphatic carbocycles. The number of phosphoric ester groups is 2. The molecule has 19 heteroatoms. The Bertz CT molecular complexity index is 1840. The zero-order valence-electron chi connectivity index (χ0n) is 61.4.